The Hall–Kier alpha value is -4.30. The van der Waals surface area contributed by atoms with Gasteiger partial charge in [-0.3, -0.25) is 14.4 Å². The summed E-state index contributed by atoms with van der Waals surface area (Å²) < 4.78 is 10.5. The van der Waals surface area contributed by atoms with Gasteiger partial charge in [-0.15, -0.1) is 0 Å². The number of carbonyl (C=O) groups is 3. The average molecular weight is 520 g/mol. The predicted octanol–water partition coefficient (Wildman–Crippen LogP) is 5.52. The second kappa shape index (κ2) is 10.8. The number of benzene rings is 3. The van der Waals surface area contributed by atoms with Crippen molar-refractivity contribution in [3.63, 3.8) is 0 Å². The Morgan fingerprint density at radius 2 is 1.62 bits per heavy atom. The SMILES string of the molecule is COc1ccc(N2C(=O)C(Cl)=C(Nc3cccc(C(=O)Nc4ccc(C(C)C)cc4)c3)C2=O)c(OC)c1. The highest BCUT2D eigenvalue weighted by Crippen LogP contribution is 2.37. The van der Waals surface area contributed by atoms with Gasteiger partial charge in [0.1, 0.15) is 22.2 Å². The molecule has 8 nitrogen and oxygen atoms in total. The molecule has 0 radical (unpaired) electrons. The van der Waals surface area contributed by atoms with Crippen molar-refractivity contribution in [2.75, 3.05) is 29.8 Å². The first-order valence-electron chi connectivity index (χ1n) is 11.5. The van der Waals surface area contributed by atoms with Gasteiger partial charge in [-0.05, 0) is 53.9 Å². The van der Waals surface area contributed by atoms with Crippen molar-refractivity contribution in [3.8, 4) is 11.5 Å². The van der Waals surface area contributed by atoms with Crippen LogP contribution >= 0.6 is 11.6 Å². The first-order chi connectivity index (χ1) is 17.7. The Balaban J connectivity index is 1.53. The molecule has 0 fully saturated rings. The lowest BCUT2D eigenvalue weighted by Gasteiger charge is -2.18. The first-order valence-corrected chi connectivity index (χ1v) is 11.9. The van der Waals surface area contributed by atoms with Crippen LogP contribution in [0.15, 0.2) is 77.5 Å². The first kappa shape index (κ1) is 25.8. The average Bonchev–Trinajstić information content (AvgIpc) is 3.11. The van der Waals surface area contributed by atoms with Gasteiger partial charge in [-0.25, -0.2) is 4.90 Å². The minimum Gasteiger partial charge on any atom is -0.497 e. The Labute approximate surface area is 219 Å². The second-order valence-electron chi connectivity index (χ2n) is 8.61. The van der Waals surface area contributed by atoms with Crippen molar-refractivity contribution in [1.29, 1.82) is 0 Å². The summed E-state index contributed by atoms with van der Waals surface area (Å²) in [7, 11) is 2.92. The van der Waals surface area contributed by atoms with E-state index in [0.29, 0.717) is 28.6 Å². The molecular formula is C28H26ClN3O5. The summed E-state index contributed by atoms with van der Waals surface area (Å²) in [6.45, 7) is 4.20. The molecule has 0 bridgehead atoms. The van der Waals surface area contributed by atoms with Crippen LogP contribution in [0.3, 0.4) is 0 Å². The van der Waals surface area contributed by atoms with Crippen LogP contribution in [-0.2, 0) is 9.59 Å². The van der Waals surface area contributed by atoms with Gasteiger partial charge >= 0.3 is 0 Å². The molecule has 4 rings (SSSR count). The molecule has 0 saturated heterocycles. The van der Waals surface area contributed by atoms with Crippen molar-refractivity contribution in [2.24, 2.45) is 0 Å². The zero-order chi connectivity index (χ0) is 26.7. The van der Waals surface area contributed by atoms with Gasteiger partial charge in [0.25, 0.3) is 17.7 Å². The number of ether oxygens (including phenoxy) is 2. The summed E-state index contributed by atoms with van der Waals surface area (Å²) in [6.07, 6.45) is 0. The van der Waals surface area contributed by atoms with Crippen LogP contribution < -0.4 is 25.0 Å². The fraction of sp³-hybridized carbons (Fsp3) is 0.179. The van der Waals surface area contributed by atoms with Crippen LogP contribution in [0.2, 0.25) is 0 Å². The predicted molar refractivity (Wildman–Crippen MR) is 143 cm³/mol. The number of anilines is 3. The molecule has 1 aliphatic rings. The Morgan fingerprint density at radius 1 is 0.892 bits per heavy atom. The quantitative estimate of drug-likeness (QED) is 0.381. The minimum absolute atomic E-state index is 0.105. The van der Waals surface area contributed by atoms with E-state index in [4.69, 9.17) is 21.1 Å². The molecule has 1 heterocycles. The summed E-state index contributed by atoms with van der Waals surface area (Å²) in [5.74, 6) is -0.509. The molecule has 0 aromatic heterocycles. The van der Waals surface area contributed by atoms with Gasteiger partial charge < -0.3 is 20.1 Å². The molecule has 190 valence electrons. The van der Waals surface area contributed by atoms with Gasteiger partial charge in [0, 0.05) is 23.0 Å². The standard InChI is InChI=1S/C28H26ClN3O5/c1-16(2)17-8-10-19(11-9-17)31-26(33)18-6-5-7-20(14-18)30-25-24(29)27(34)32(28(25)35)22-13-12-21(36-3)15-23(22)37-4/h5-16,30H,1-4H3,(H,31,33). The number of imide groups is 1. The van der Waals surface area contributed by atoms with Crippen LogP contribution in [0.1, 0.15) is 35.7 Å². The van der Waals surface area contributed by atoms with E-state index in [2.05, 4.69) is 24.5 Å². The number of nitrogens with zero attached hydrogens (tertiary/aromatic N) is 1. The summed E-state index contributed by atoms with van der Waals surface area (Å²) in [6, 6.07) is 18.9. The number of rotatable bonds is 8. The van der Waals surface area contributed by atoms with E-state index >= 15 is 0 Å². The van der Waals surface area contributed by atoms with Gasteiger partial charge in [-0.1, -0.05) is 43.6 Å². The van der Waals surface area contributed by atoms with Crippen LogP contribution in [0.5, 0.6) is 11.5 Å². The highest BCUT2D eigenvalue weighted by atomic mass is 35.5. The molecule has 0 spiro atoms. The van der Waals surface area contributed by atoms with Crippen LogP contribution in [0.4, 0.5) is 17.1 Å². The van der Waals surface area contributed by atoms with Crippen LogP contribution in [0, 0.1) is 0 Å². The monoisotopic (exact) mass is 519 g/mol. The van der Waals surface area contributed by atoms with Crippen molar-refractivity contribution in [1.82, 2.24) is 0 Å². The van der Waals surface area contributed by atoms with Gasteiger partial charge in [0.15, 0.2) is 0 Å². The van der Waals surface area contributed by atoms with E-state index in [1.807, 2.05) is 24.3 Å². The number of hydrogen-bond acceptors (Lipinski definition) is 6. The van der Waals surface area contributed by atoms with Crippen molar-refractivity contribution in [3.05, 3.63) is 88.6 Å². The number of carbonyl (C=O) groups excluding carboxylic acids is 3. The van der Waals surface area contributed by atoms with Crippen LogP contribution in [-0.4, -0.2) is 31.9 Å². The molecule has 0 unspecified atom stereocenters. The molecule has 0 saturated carbocycles. The third kappa shape index (κ3) is 5.29. The number of methoxy groups -OCH3 is 2. The molecule has 1 aliphatic heterocycles. The lowest BCUT2D eigenvalue weighted by Crippen LogP contribution is -2.32. The topological polar surface area (TPSA) is 97.0 Å². The summed E-state index contributed by atoms with van der Waals surface area (Å²) in [5, 5.41) is 5.49. The zero-order valence-corrected chi connectivity index (χ0v) is 21.6. The number of halogens is 1. The summed E-state index contributed by atoms with van der Waals surface area (Å²) >= 11 is 6.28. The van der Waals surface area contributed by atoms with E-state index in [1.165, 1.54) is 19.8 Å². The Morgan fingerprint density at radius 3 is 2.27 bits per heavy atom. The van der Waals surface area contributed by atoms with Crippen molar-refractivity contribution < 1.29 is 23.9 Å². The molecule has 3 aromatic carbocycles. The molecule has 37 heavy (non-hydrogen) atoms. The highest BCUT2D eigenvalue weighted by Gasteiger charge is 2.40. The lowest BCUT2D eigenvalue weighted by atomic mass is 10.0. The van der Waals surface area contributed by atoms with Gasteiger partial charge in [-0.2, -0.15) is 0 Å². The van der Waals surface area contributed by atoms with Crippen molar-refractivity contribution >= 4 is 46.4 Å². The smallest absolute Gasteiger partial charge is 0.283 e. The Bertz CT molecular complexity index is 1400. The molecule has 3 amide bonds. The van der Waals surface area contributed by atoms with Gasteiger partial charge in [0.05, 0.1) is 19.9 Å². The molecule has 0 aliphatic carbocycles. The molecular weight excluding hydrogens is 494 g/mol. The lowest BCUT2D eigenvalue weighted by molar-refractivity contribution is -0.120. The number of amides is 3. The van der Waals surface area contributed by atoms with E-state index in [1.54, 1.807) is 42.5 Å². The highest BCUT2D eigenvalue weighted by molar-refractivity contribution is 6.53. The Kier molecular flexibility index (Phi) is 7.50. The zero-order valence-electron chi connectivity index (χ0n) is 20.8. The normalized spacial score (nSPS) is 13.3. The fourth-order valence-corrected chi connectivity index (χ4v) is 4.05. The van der Waals surface area contributed by atoms with Crippen molar-refractivity contribution in [2.45, 2.75) is 19.8 Å². The fourth-order valence-electron chi connectivity index (χ4n) is 3.84. The maximum Gasteiger partial charge on any atom is 0.283 e. The molecule has 3 aromatic rings. The second-order valence-corrected chi connectivity index (χ2v) is 8.99. The summed E-state index contributed by atoms with van der Waals surface area (Å²) in [5.41, 5.74) is 2.74. The van der Waals surface area contributed by atoms with E-state index in [0.717, 1.165) is 4.90 Å². The maximum absolute atomic E-state index is 13.2. The van der Waals surface area contributed by atoms with E-state index in [9.17, 15) is 14.4 Å². The molecule has 9 heteroatoms. The third-order valence-electron chi connectivity index (χ3n) is 5.88. The van der Waals surface area contributed by atoms with E-state index < -0.39 is 11.8 Å². The molecule has 2 N–H and O–H groups in total. The largest absolute Gasteiger partial charge is 0.497 e. The third-order valence-corrected chi connectivity index (χ3v) is 6.24. The number of hydrogen-bond donors (Lipinski definition) is 2. The van der Waals surface area contributed by atoms with Crippen LogP contribution in [0.25, 0.3) is 0 Å². The van der Waals surface area contributed by atoms with Gasteiger partial charge in [0.2, 0.25) is 0 Å². The number of nitrogens with one attached hydrogen (secondary N) is 2. The summed E-state index contributed by atoms with van der Waals surface area (Å²) in [4.78, 5) is 39.9. The minimum atomic E-state index is -0.698. The molecule has 0 atom stereocenters. The van der Waals surface area contributed by atoms with E-state index in [-0.39, 0.29) is 28.1 Å². The maximum atomic E-state index is 13.2.